The third-order valence-corrected chi connectivity index (χ3v) is 6.30. The van der Waals surface area contributed by atoms with E-state index in [1.807, 2.05) is 18.5 Å². The molecule has 1 saturated heterocycles. The van der Waals surface area contributed by atoms with E-state index in [1.54, 1.807) is 11.8 Å². The van der Waals surface area contributed by atoms with Gasteiger partial charge in [-0.15, -0.1) is 11.8 Å². The highest BCUT2D eigenvalue weighted by atomic mass is 32.2. The van der Waals surface area contributed by atoms with Crippen molar-refractivity contribution in [1.29, 1.82) is 0 Å². The number of aromatic amines is 1. The molecule has 0 bridgehead atoms. The van der Waals surface area contributed by atoms with Crippen molar-refractivity contribution in [2.45, 2.75) is 31.7 Å². The molecule has 0 aliphatic carbocycles. The first-order chi connectivity index (χ1) is 12.3. The summed E-state index contributed by atoms with van der Waals surface area (Å²) in [6.45, 7) is 0.895. The molecule has 4 nitrogen and oxygen atoms in total. The molecule has 4 rings (SSSR count). The molecule has 2 aliphatic rings. The molecule has 1 fully saturated rings. The lowest BCUT2D eigenvalue weighted by Gasteiger charge is -2.37. The smallest absolute Gasteiger partial charge is 0.230 e. The average Bonchev–Trinajstić information content (AvgIpc) is 3.34. The van der Waals surface area contributed by atoms with Gasteiger partial charge in [-0.25, -0.2) is 0 Å². The van der Waals surface area contributed by atoms with Gasteiger partial charge in [-0.05, 0) is 31.2 Å². The largest absolute Gasteiger partial charge is 0.339 e. The molecule has 1 aromatic heterocycles. The molecular weight excluding hydrogens is 330 g/mol. The molecule has 0 saturated carbocycles. The van der Waals surface area contributed by atoms with Crippen molar-refractivity contribution in [3.63, 3.8) is 0 Å². The number of likely N-dealkylation sites (tertiary alicyclic amines) is 1. The number of carbonyl (C=O) groups is 1. The number of carbonyl (C=O) groups excluding carboxylic acids is 1. The monoisotopic (exact) mass is 353 g/mol. The van der Waals surface area contributed by atoms with Gasteiger partial charge in [-0.1, -0.05) is 36.4 Å². The van der Waals surface area contributed by atoms with Crippen LogP contribution in [0.25, 0.3) is 4.91 Å². The summed E-state index contributed by atoms with van der Waals surface area (Å²) in [5, 5.41) is 6.86. The van der Waals surface area contributed by atoms with E-state index in [2.05, 4.69) is 45.4 Å². The lowest BCUT2D eigenvalue weighted by molar-refractivity contribution is -0.137. The van der Waals surface area contributed by atoms with Crippen molar-refractivity contribution in [2.75, 3.05) is 12.3 Å². The van der Waals surface area contributed by atoms with E-state index >= 15 is 0 Å². The third kappa shape index (κ3) is 3.66. The van der Waals surface area contributed by atoms with Crippen molar-refractivity contribution in [2.24, 2.45) is 5.92 Å². The molecule has 130 valence electrons. The van der Waals surface area contributed by atoms with Crippen LogP contribution in [-0.4, -0.2) is 39.3 Å². The second-order valence-electron chi connectivity index (χ2n) is 6.81. The zero-order valence-corrected chi connectivity index (χ0v) is 15.0. The molecule has 5 heteroatoms. The van der Waals surface area contributed by atoms with Crippen molar-refractivity contribution in [3.8, 4) is 0 Å². The normalized spacial score (nSPS) is 23.5. The lowest BCUT2D eigenvalue weighted by atomic mass is 9.94. The van der Waals surface area contributed by atoms with Gasteiger partial charge in [-0.3, -0.25) is 9.89 Å². The highest BCUT2D eigenvalue weighted by Gasteiger charge is 2.33. The van der Waals surface area contributed by atoms with Crippen molar-refractivity contribution in [1.82, 2.24) is 15.1 Å². The van der Waals surface area contributed by atoms with Gasteiger partial charge >= 0.3 is 0 Å². The molecular formula is C20H23N3OS. The Bertz CT molecular complexity index is 742. The first-order valence-corrected chi connectivity index (χ1v) is 9.98. The minimum atomic E-state index is -0.00808. The fourth-order valence-electron chi connectivity index (χ4n) is 3.77. The predicted octanol–water partition coefficient (Wildman–Crippen LogP) is 3.74. The summed E-state index contributed by atoms with van der Waals surface area (Å²) < 4.78 is 0. The van der Waals surface area contributed by atoms with Gasteiger partial charge in [0.1, 0.15) is 0 Å². The molecule has 1 N–H and O–H groups in total. The van der Waals surface area contributed by atoms with Crippen LogP contribution in [0.15, 0.2) is 48.8 Å². The fraction of sp³-hybridized carbons (Fsp3) is 0.400. The second-order valence-corrected chi connectivity index (χ2v) is 7.87. The van der Waals surface area contributed by atoms with E-state index in [1.165, 1.54) is 16.9 Å². The number of thioether (sulfide) groups is 1. The van der Waals surface area contributed by atoms with Crippen LogP contribution < -0.4 is 0 Å². The quantitative estimate of drug-likeness (QED) is 0.911. The summed E-state index contributed by atoms with van der Waals surface area (Å²) in [7, 11) is 0. The lowest BCUT2D eigenvalue weighted by Crippen LogP contribution is -2.47. The van der Waals surface area contributed by atoms with Crippen LogP contribution in [-0.2, 0) is 11.2 Å². The number of benzene rings is 1. The number of piperidine rings is 1. The van der Waals surface area contributed by atoms with Crippen molar-refractivity contribution >= 4 is 22.6 Å². The number of nitrogens with one attached hydrogen (secondary N) is 1. The summed E-state index contributed by atoms with van der Waals surface area (Å²) in [4.78, 5) is 16.5. The number of rotatable bonds is 4. The Morgan fingerprint density at radius 3 is 2.96 bits per heavy atom. The van der Waals surface area contributed by atoms with Gasteiger partial charge in [0, 0.05) is 35.0 Å². The first kappa shape index (κ1) is 16.5. The van der Waals surface area contributed by atoms with E-state index in [9.17, 15) is 4.79 Å². The topological polar surface area (TPSA) is 49.0 Å². The summed E-state index contributed by atoms with van der Waals surface area (Å²) in [5.41, 5.74) is 2.41. The standard InChI is InChI=1S/C20H23N3OS/c24-20(16-11-19(25-14-16)17-12-21-22-13-17)23-9-5-4-8-18(23)10-15-6-2-1-3-7-15/h1-3,6-7,11-13,16,18H,4-5,8-10,14H2,(H,21,22). The van der Waals surface area contributed by atoms with Crippen molar-refractivity contribution in [3.05, 3.63) is 59.9 Å². The Balaban J connectivity index is 1.48. The summed E-state index contributed by atoms with van der Waals surface area (Å²) in [6.07, 6.45) is 10.3. The zero-order valence-electron chi connectivity index (χ0n) is 14.2. The Morgan fingerprint density at radius 2 is 2.16 bits per heavy atom. The van der Waals surface area contributed by atoms with Crippen LogP contribution in [0.2, 0.25) is 0 Å². The Hall–Kier alpha value is -2.01. The van der Waals surface area contributed by atoms with Gasteiger partial charge in [0.15, 0.2) is 0 Å². The summed E-state index contributed by atoms with van der Waals surface area (Å²) in [5.74, 6) is 1.13. The SMILES string of the molecule is O=C(C1C=C(c2cn[nH]c2)SC1)N1CCCCC1Cc1ccccc1. The first-order valence-electron chi connectivity index (χ1n) is 8.99. The third-order valence-electron chi connectivity index (χ3n) is 5.10. The molecule has 2 unspecified atom stereocenters. The summed E-state index contributed by atoms with van der Waals surface area (Å²) in [6, 6.07) is 10.9. The van der Waals surface area contributed by atoms with Crippen LogP contribution in [0, 0.1) is 5.92 Å². The molecule has 2 aromatic rings. The van der Waals surface area contributed by atoms with Gasteiger partial charge in [0.25, 0.3) is 0 Å². The van der Waals surface area contributed by atoms with Crippen LogP contribution in [0.1, 0.15) is 30.4 Å². The van der Waals surface area contributed by atoms with Crippen LogP contribution in [0.3, 0.4) is 0 Å². The molecule has 3 heterocycles. The minimum absolute atomic E-state index is 0.00808. The highest BCUT2D eigenvalue weighted by Crippen LogP contribution is 2.38. The fourth-order valence-corrected chi connectivity index (χ4v) is 4.91. The zero-order chi connectivity index (χ0) is 17.1. The van der Waals surface area contributed by atoms with E-state index in [0.717, 1.165) is 37.1 Å². The number of hydrogen-bond acceptors (Lipinski definition) is 3. The maximum Gasteiger partial charge on any atom is 0.230 e. The van der Waals surface area contributed by atoms with E-state index in [0.29, 0.717) is 11.9 Å². The number of H-pyrrole nitrogens is 1. The highest BCUT2D eigenvalue weighted by molar-refractivity contribution is 8.08. The minimum Gasteiger partial charge on any atom is -0.339 e. The number of hydrogen-bond donors (Lipinski definition) is 1. The van der Waals surface area contributed by atoms with Crippen LogP contribution >= 0.6 is 11.8 Å². The molecule has 1 amide bonds. The Morgan fingerprint density at radius 1 is 1.28 bits per heavy atom. The van der Waals surface area contributed by atoms with E-state index in [-0.39, 0.29) is 5.92 Å². The number of nitrogens with zero attached hydrogens (tertiary/aromatic N) is 2. The van der Waals surface area contributed by atoms with Crippen LogP contribution in [0.5, 0.6) is 0 Å². The van der Waals surface area contributed by atoms with E-state index in [4.69, 9.17) is 0 Å². The van der Waals surface area contributed by atoms with Gasteiger partial charge < -0.3 is 4.90 Å². The molecule has 2 atom stereocenters. The maximum atomic E-state index is 13.2. The average molecular weight is 353 g/mol. The van der Waals surface area contributed by atoms with E-state index < -0.39 is 0 Å². The Labute approximate surface area is 152 Å². The molecule has 0 radical (unpaired) electrons. The molecule has 1 aromatic carbocycles. The number of aromatic nitrogens is 2. The van der Waals surface area contributed by atoms with Gasteiger partial charge in [0.05, 0.1) is 12.1 Å². The molecule has 2 aliphatic heterocycles. The molecule has 25 heavy (non-hydrogen) atoms. The van der Waals surface area contributed by atoms with Crippen LogP contribution in [0.4, 0.5) is 0 Å². The predicted molar refractivity (Wildman–Crippen MR) is 102 cm³/mol. The molecule has 0 spiro atoms. The Kier molecular flexibility index (Phi) is 4.92. The maximum absolute atomic E-state index is 13.2. The van der Waals surface area contributed by atoms with Gasteiger partial charge in [-0.2, -0.15) is 5.10 Å². The number of amides is 1. The summed E-state index contributed by atoms with van der Waals surface area (Å²) >= 11 is 1.76. The van der Waals surface area contributed by atoms with Crippen molar-refractivity contribution < 1.29 is 4.79 Å². The van der Waals surface area contributed by atoms with Gasteiger partial charge in [0.2, 0.25) is 5.91 Å². The second kappa shape index (κ2) is 7.48.